The molecule has 0 saturated heterocycles. The molecule has 1 N–H and O–H groups in total. The number of carbonyl (C=O) groups is 1. The highest BCUT2D eigenvalue weighted by atomic mass is 32.2. The lowest BCUT2D eigenvalue weighted by molar-refractivity contribution is -0.132. The van der Waals surface area contributed by atoms with E-state index >= 15 is 0 Å². The van der Waals surface area contributed by atoms with Crippen molar-refractivity contribution < 1.29 is 17.9 Å². The number of amides is 1. The van der Waals surface area contributed by atoms with Crippen LogP contribution in [0.3, 0.4) is 0 Å². The summed E-state index contributed by atoms with van der Waals surface area (Å²) in [5, 5.41) is 6.08. The van der Waals surface area contributed by atoms with Crippen molar-refractivity contribution in [3.8, 4) is 5.75 Å². The van der Waals surface area contributed by atoms with E-state index in [0.717, 1.165) is 23.1 Å². The van der Waals surface area contributed by atoms with Gasteiger partial charge in [-0.25, -0.2) is 13.4 Å². The summed E-state index contributed by atoms with van der Waals surface area (Å²) >= 11 is 0. The Morgan fingerprint density at radius 1 is 1.25 bits per heavy atom. The number of benzene rings is 2. The van der Waals surface area contributed by atoms with Crippen LogP contribution < -0.4 is 9.46 Å². The molecule has 0 fully saturated rings. The lowest BCUT2D eigenvalue weighted by atomic mass is 9.98. The van der Waals surface area contributed by atoms with E-state index in [4.69, 9.17) is 4.74 Å². The van der Waals surface area contributed by atoms with Gasteiger partial charge < -0.3 is 4.74 Å². The van der Waals surface area contributed by atoms with Crippen molar-refractivity contribution >= 4 is 27.3 Å². The molecule has 148 valence electrons. The Bertz CT molecular complexity index is 1020. The number of nitrogens with zero attached hydrogens (tertiary/aromatic N) is 2. The maximum atomic E-state index is 12.5. The summed E-state index contributed by atoms with van der Waals surface area (Å²) in [6.45, 7) is 1.80. The molecule has 2 aromatic rings. The first-order valence-electron chi connectivity index (χ1n) is 8.92. The Kier molecular flexibility index (Phi) is 5.69. The lowest BCUT2D eigenvalue weighted by Gasteiger charge is -2.21. The molecule has 1 aliphatic heterocycles. The molecule has 0 saturated carbocycles. The summed E-state index contributed by atoms with van der Waals surface area (Å²) in [6.07, 6.45) is 1.97. The molecule has 0 bridgehead atoms. The zero-order chi connectivity index (χ0) is 20.3. The molecule has 0 spiro atoms. The lowest BCUT2D eigenvalue weighted by Crippen LogP contribution is -2.26. The molecular formula is C20H23N3O4S. The molecule has 3 rings (SSSR count). The predicted molar refractivity (Wildman–Crippen MR) is 109 cm³/mol. The van der Waals surface area contributed by atoms with Crippen LogP contribution in [0.25, 0.3) is 0 Å². The molecule has 8 heteroatoms. The Hall–Kier alpha value is -2.87. The van der Waals surface area contributed by atoms with Crippen LogP contribution in [0.5, 0.6) is 5.75 Å². The summed E-state index contributed by atoms with van der Waals surface area (Å²) in [6, 6.07) is 14.4. The molecule has 1 aliphatic rings. The van der Waals surface area contributed by atoms with Gasteiger partial charge in [0.2, 0.25) is 15.9 Å². The molecule has 2 aromatic carbocycles. The maximum Gasteiger partial charge on any atom is 0.242 e. The maximum absolute atomic E-state index is 12.5. The summed E-state index contributed by atoms with van der Waals surface area (Å²) < 4.78 is 30.8. The highest BCUT2D eigenvalue weighted by Gasteiger charge is 2.32. The van der Waals surface area contributed by atoms with Crippen molar-refractivity contribution in [1.29, 1.82) is 0 Å². The molecule has 1 atom stereocenters. The summed E-state index contributed by atoms with van der Waals surface area (Å²) in [4.78, 5) is 12.5. The predicted octanol–water partition coefficient (Wildman–Crippen LogP) is 3.15. The zero-order valence-electron chi connectivity index (χ0n) is 16.0. The molecule has 7 nitrogen and oxygen atoms in total. The van der Waals surface area contributed by atoms with Crippen molar-refractivity contribution in [2.24, 2.45) is 5.10 Å². The number of hydrogen-bond acceptors (Lipinski definition) is 5. The quantitative estimate of drug-likeness (QED) is 0.805. The van der Waals surface area contributed by atoms with Gasteiger partial charge in [0.15, 0.2) is 0 Å². The van der Waals surface area contributed by atoms with Gasteiger partial charge in [-0.3, -0.25) is 9.52 Å². The number of anilines is 1. The largest absolute Gasteiger partial charge is 0.497 e. The van der Waals surface area contributed by atoms with E-state index < -0.39 is 10.0 Å². The second kappa shape index (κ2) is 8.02. The van der Waals surface area contributed by atoms with E-state index in [2.05, 4.69) is 9.82 Å². The first-order chi connectivity index (χ1) is 13.3. The second-order valence-electron chi connectivity index (χ2n) is 6.59. The highest BCUT2D eigenvalue weighted by Crippen LogP contribution is 2.35. The first kappa shape index (κ1) is 19.9. The highest BCUT2D eigenvalue weighted by molar-refractivity contribution is 7.92. The second-order valence-corrected chi connectivity index (χ2v) is 8.34. The van der Waals surface area contributed by atoms with Gasteiger partial charge in [-0.15, -0.1) is 0 Å². The minimum Gasteiger partial charge on any atom is -0.497 e. The van der Waals surface area contributed by atoms with Crippen LogP contribution in [0.4, 0.5) is 5.69 Å². The van der Waals surface area contributed by atoms with Crippen LogP contribution in [0.1, 0.15) is 36.9 Å². The van der Waals surface area contributed by atoms with E-state index in [1.807, 2.05) is 30.3 Å². The van der Waals surface area contributed by atoms with Crippen LogP contribution in [-0.2, 0) is 14.8 Å². The van der Waals surface area contributed by atoms with Gasteiger partial charge in [0.1, 0.15) is 5.75 Å². The number of sulfonamides is 1. The minimum absolute atomic E-state index is 0.0757. The van der Waals surface area contributed by atoms with Gasteiger partial charge in [0.25, 0.3) is 0 Å². The number of hydrogen-bond donors (Lipinski definition) is 1. The third kappa shape index (κ3) is 4.51. The van der Waals surface area contributed by atoms with Crippen LogP contribution in [0.15, 0.2) is 53.6 Å². The number of hydrazone groups is 1. The van der Waals surface area contributed by atoms with E-state index in [-0.39, 0.29) is 11.9 Å². The molecular weight excluding hydrogens is 378 g/mol. The average molecular weight is 401 g/mol. The Morgan fingerprint density at radius 2 is 2.00 bits per heavy atom. The molecule has 0 radical (unpaired) electrons. The summed E-state index contributed by atoms with van der Waals surface area (Å²) in [5.41, 5.74) is 2.89. The van der Waals surface area contributed by atoms with Crippen LogP contribution in [0.2, 0.25) is 0 Å². The van der Waals surface area contributed by atoms with Crippen LogP contribution in [-0.4, -0.2) is 38.4 Å². The van der Waals surface area contributed by atoms with E-state index in [0.29, 0.717) is 24.3 Å². The summed E-state index contributed by atoms with van der Waals surface area (Å²) in [5.74, 6) is 0.641. The molecule has 0 aromatic heterocycles. The number of methoxy groups -OCH3 is 1. The van der Waals surface area contributed by atoms with Gasteiger partial charge in [-0.05, 0) is 35.4 Å². The molecule has 0 aliphatic carbocycles. The molecule has 1 amide bonds. The minimum atomic E-state index is -3.38. The van der Waals surface area contributed by atoms with E-state index in [9.17, 15) is 13.2 Å². The number of carbonyl (C=O) groups excluding carboxylic acids is 1. The van der Waals surface area contributed by atoms with Gasteiger partial charge in [-0.1, -0.05) is 31.2 Å². The van der Waals surface area contributed by atoms with Crippen molar-refractivity contribution in [3.05, 3.63) is 59.7 Å². The topological polar surface area (TPSA) is 88.1 Å². The van der Waals surface area contributed by atoms with Gasteiger partial charge in [0, 0.05) is 18.5 Å². The normalized spacial score (nSPS) is 16.6. The van der Waals surface area contributed by atoms with Crippen LogP contribution in [0, 0.1) is 0 Å². The SMILES string of the molecule is CCC(=O)N1N=C(c2cccc(NS(C)(=O)=O)c2)C[C@@H]1c1cccc(OC)c1. The Balaban J connectivity index is 1.94. The fraction of sp³-hybridized carbons (Fsp3) is 0.300. The zero-order valence-corrected chi connectivity index (χ0v) is 16.9. The third-order valence-corrected chi connectivity index (χ3v) is 5.05. The fourth-order valence-electron chi connectivity index (χ4n) is 3.16. The Morgan fingerprint density at radius 3 is 2.68 bits per heavy atom. The van der Waals surface area contributed by atoms with Crippen LogP contribution >= 0.6 is 0 Å². The van der Waals surface area contributed by atoms with E-state index in [1.165, 1.54) is 5.01 Å². The number of rotatable bonds is 6. The van der Waals surface area contributed by atoms with Crippen molar-refractivity contribution in [2.75, 3.05) is 18.1 Å². The Labute approximate surface area is 165 Å². The van der Waals surface area contributed by atoms with Crippen molar-refractivity contribution in [1.82, 2.24) is 5.01 Å². The molecule has 0 unspecified atom stereocenters. The van der Waals surface area contributed by atoms with Crippen molar-refractivity contribution in [2.45, 2.75) is 25.8 Å². The standard InChI is InChI=1S/C20H23N3O4S/c1-4-20(24)23-19(15-8-6-10-17(12-15)27-2)13-18(21-23)14-7-5-9-16(11-14)22-28(3,25)26/h5-12,19,22H,4,13H2,1-3H3/t19-/m1/s1. The van der Waals surface area contributed by atoms with Gasteiger partial charge >= 0.3 is 0 Å². The number of ether oxygens (including phenoxy) is 1. The third-order valence-electron chi connectivity index (χ3n) is 4.45. The van der Waals surface area contributed by atoms with Gasteiger partial charge in [0.05, 0.1) is 25.1 Å². The number of nitrogens with one attached hydrogen (secondary N) is 1. The van der Waals surface area contributed by atoms with Crippen molar-refractivity contribution in [3.63, 3.8) is 0 Å². The monoisotopic (exact) mass is 401 g/mol. The summed E-state index contributed by atoms with van der Waals surface area (Å²) in [7, 11) is -1.77. The van der Waals surface area contributed by atoms with Gasteiger partial charge in [-0.2, -0.15) is 5.10 Å². The molecule has 1 heterocycles. The smallest absolute Gasteiger partial charge is 0.242 e. The molecule has 28 heavy (non-hydrogen) atoms. The fourth-order valence-corrected chi connectivity index (χ4v) is 3.72. The average Bonchev–Trinajstić information content (AvgIpc) is 3.12. The first-order valence-corrected chi connectivity index (χ1v) is 10.8. The van der Waals surface area contributed by atoms with E-state index in [1.54, 1.807) is 32.2 Å².